The van der Waals surface area contributed by atoms with Crippen LogP contribution in [-0.4, -0.2) is 18.3 Å². The number of carbonyl (C=O) groups is 1. The smallest absolute Gasteiger partial charge is 0.309 e. The third-order valence-electron chi connectivity index (χ3n) is 2.51. The molecule has 2 N–H and O–H groups in total. The van der Waals surface area contributed by atoms with Gasteiger partial charge in [-0.3, -0.25) is 4.79 Å². The van der Waals surface area contributed by atoms with Crippen molar-refractivity contribution in [3.05, 3.63) is 24.3 Å². The minimum atomic E-state index is -0.186. The fourth-order valence-electron chi connectivity index (χ4n) is 1.27. The number of ether oxygens (including phenoxy) is 1. The number of anilines is 1. The topological polar surface area (TPSA) is 52.3 Å². The summed E-state index contributed by atoms with van der Waals surface area (Å²) in [6, 6.07) is 7.65. The number of methoxy groups -OCH3 is 1. The van der Waals surface area contributed by atoms with Gasteiger partial charge in [0, 0.05) is 15.8 Å². The molecular weight excluding hydrogens is 222 g/mol. The summed E-state index contributed by atoms with van der Waals surface area (Å²) in [5.41, 5.74) is 6.59. The Bertz CT molecular complexity index is 368. The quantitative estimate of drug-likeness (QED) is 0.498. The Balaban J connectivity index is 2.68. The molecule has 0 aliphatic carbocycles. The van der Waals surface area contributed by atoms with E-state index in [0.717, 1.165) is 10.6 Å². The summed E-state index contributed by atoms with van der Waals surface area (Å²) < 4.78 is 4.72. The molecule has 0 saturated carbocycles. The highest BCUT2D eigenvalue weighted by Crippen LogP contribution is 2.32. The molecule has 0 aliphatic rings. The molecule has 1 rings (SSSR count). The van der Waals surface area contributed by atoms with Gasteiger partial charge in [0.15, 0.2) is 0 Å². The van der Waals surface area contributed by atoms with E-state index < -0.39 is 0 Å². The molecule has 0 bridgehead atoms. The summed E-state index contributed by atoms with van der Waals surface area (Å²) in [7, 11) is 1.41. The summed E-state index contributed by atoms with van der Waals surface area (Å²) in [4.78, 5) is 12.4. The highest BCUT2D eigenvalue weighted by atomic mass is 32.2. The van der Waals surface area contributed by atoms with Gasteiger partial charge in [-0.1, -0.05) is 26.0 Å². The van der Waals surface area contributed by atoms with Crippen LogP contribution >= 0.6 is 11.8 Å². The molecule has 16 heavy (non-hydrogen) atoms. The fourth-order valence-corrected chi connectivity index (χ4v) is 2.34. The Morgan fingerprint density at radius 1 is 1.38 bits per heavy atom. The van der Waals surface area contributed by atoms with Gasteiger partial charge >= 0.3 is 5.97 Å². The van der Waals surface area contributed by atoms with Gasteiger partial charge in [0.25, 0.3) is 0 Å². The van der Waals surface area contributed by atoms with Gasteiger partial charge in [0.2, 0.25) is 0 Å². The molecule has 0 amide bonds. The van der Waals surface area contributed by atoms with Crippen molar-refractivity contribution in [2.45, 2.75) is 24.0 Å². The van der Waals surface area contributed by atoms with Crippen LogP contribution in [0.15, 0.2) is 29.2 Å². The largest absolute Gasteiger partial charge is 0.469 e. The lowest BCUT2D eigenvalue weighted by Gasteiger charge is -2.17. The van der Waals surface area contributed by atoms with Crippen LogP contribution in [0.4, 0.5) is 5.69 Å². The van der Waals surface area contributed by atoms with E-state index in [1.165, 1.54) is 7.11 Å². The predicted molar refractivity (Wildman–Crippen MR) is 67.4 cm³/mol. The number of benzene rings is 1. The number of thioether (sulfide) groups is 1. The van der Waals surface area contributed by atoms with Gasteiger partial charge in [0.05, 0.1) is 13.0 Å². The number of hydrogen-bond acceptors (Lipinski definition) is 4. The average Bonchev–Trinajstić information content (AvgIpc) is 2.30. The lowest BCUT2D eigenvalue weighted by molar-refractivity contribution is -0.144. The summed E-state index contributed by atoms with van der Waals surface area (Å²) in [6.07, 6.45) is 0. The Labute approximate surface area is 100 Å². The first-order valence-electron chi connectivity index (χ1n) is 5.15. The second kappa shape index (κ2) is 5.80. The summed E-state index contributed by atoms with van der Waals surface area (Å²) in [5, 5.41) is 0.136. The molecular formula is C12H17NO2S. The van der Waals surface area contributed by atoms with Crippen LogP contribution in [0.25, 0.3) is 0 Å². The molecule has 1 aromatic rings. The third kappa shape index (κ3) is 3.17. The van der Waals surface area contributed by atoms with Crippen molar-refractivity contribution in [2.24, 2.45) is 5.92 Å². The predicted octanol–water partition coefficient (Wildman–Crippen LogP) is 2.56. The number of nitrogens with two attached hydrogens (primary N) is 1. The molecule has 0 radical (unpaired) electrons. The van der Waals surface area contributed by atoms with Crippen molar-refractivity contribution >= 4 is 23.4 Å². The fraction of sp³-hybridized carbons (Fsp3) is 0.417. The van der Waals surface area contributed by atoms with Gasteiger partial charge in [-0.05, 0) is 12.1 Å². The Kier molecular flexibility index (Phi) is 4.68. The summed E-state index contributed by atoms with van der Waals surface area (Å²) in [6.45, 7) is 3.86. The molecule has 2 unspecified atom stereocenters. The Morgan fingerprint density at radius 2 is 2.00 bits per heavy atom. The first kappa shape index (κ1) is 12.9. The van der Waals surface area contributed by atoms with Gasteiger partial charge in [-0.15, -0.1) is 11.8 Å². The maximum absolute atomic E-state index is 11.4. The van der Waals surface area contributed by atoms with Crippen molar-refractivity contribution in [3.63, 3.8) is 0 Å². The average molecular weight is 239 g/mol. The van der Waals surface area contributed by atoms with E-state index in [1.54, 1.807) is 11.8 Å². The van der Waals surface area contributed by atoms with E-state index >= 15 is 0 Å². The molecule has 0 aliphatic heterocycles. The number of hydrogen-bond donors (Lipinski definition) is 1. The molecule has 0 fully saturated rings. The van der Waals surface area contributed by atoms with Crippen LogP contribution in [0.2, 0.25) is 0 Å². The second-order valence-corrected chi connectivity index (χ2v) is 5.09. The second-order valence-electron chi connectivity index (χ2n) is 3.67. The van der Waals surface area contributed by atoms with E-state index in [0.29, 0.717) is 0 Å². The number of carbonyl (C=O) groups excluding carboxylic acids is 1. The van der Waals surface area contributed by atoms with E-state index in [1.807, 2.05) is 38.1 Å². The lowest BCUT2D eigenvalue weighted by Crippen LogP contribution is -2.22. The minimum Gasteiger partial charge on any atom is -0.469 e. The van der Waals surface area contributed by atoms with Gasteiger partial charge in [0.1, 0.15) is 0 Å². The van der Waals surface area contributed by atoms with Crippen molar-refractivity contribution in [1.82, 2.24) is 0 Å². The first-order chi connectivity index (χ1) is 7.56. The molecule has 88 valence electrons. The van der Waals surface area contributed by atoms with Crippen molar-refractivity contribution in [2.75, 3.05) is 12.8 Å². The Hall–Kier alpha value is -1.16. The molecule has 1 aromatic carbocycles. The van der Waals surface area contributed by atoms with Gasteiger partial charge < -0.3 is 10.5 Å². The van der Waals surface area contributed by atoms with E-state index in [2.05, 4.69) is 0 Å². The standard InChI is InChI=1S/C12H17NO2S/c1-8(12(14)15-3)9(2)16-11-7-5-4-6-10(11)13/h4-9H,13H2,1-3H3. The molecule has 0 saturated heterocycles. The number of esters is 1. The van der Waals surface area contributed by atoms with Crippen molar-refractivity contribution in [3.8, 4) is 0 Å². The van der Waals surface area contributed by atoms with Crippen molar-refractivity contribution < 1.29 is 9.53 Å². The van der Waals surface area contributed by atoms with E-state index in [4.69, 9.17) is 10.5 Å². The molecule has 2 atom stereocenters. The Morgan fingerprint density at radius 3 is 2.56 bits per heavy atom. The monoisotopic (exact) mass is 239 g/mol. The third-order valence-corrected chi connectivity index (χ3v) is 3.91. The van der Waals surface area contributed by atoms with Crippen molar-refractivity contribution in [1.29, 1.82) is 0 Å². The van der Waals surface area contributed by atoms with Crippen LogP contribution in [0.3, 0.4) is 0 Å². The zero-order valence-corrected chi connectivity index (χ0v) is 10.6. The van der Waals surface area contributed by atoms with Gasteiger partial charge in [-0.2, -0.15) is 0 Å². The summed E-state index contributed by atoms with van der Waals surface area (Å²) >= 11 is 1.60. The van der Waals surface area contributed by atoms with Crippen LogP contribution in [-0.2, 0) is 9.53 Å². The SMILES string of the molecule is COC(=O)C(C)C(C)Sc1ccccc1N. The first-order valence-corrected chi connectivity index (χ1v) is 6.03. The number of nitrogen functional groups attached to an aromatic ring is 1. The van der Waals surface area contributed by atoms with E-state index in [-0.39, 0.29) is 17.1 Å². The van der Waals surface area contributed by atoms with Crippen LogP contribution in [0, 0.1) is 5.92 Å². The van der Waals surface area contributed by atoms with Crippen LogP contribution < -0.4 is 5.73 Å². The maximum Gasteiger partial charge on any atom is 0.309 e. The summed E-state index contributed by atoms with van der Waals surface area (Å²) in [5.74, 6) is -0.330. The van der Waals surface area contributed by atoms with E-state index in [9.17, 15) is 4.79 Å². The molecule has 0 aromatic heterocycles. The maximum atomic E-state index is 11.4. The lowest BCUT2D eigenvalue weighted by atomic mass is 10.1. The zero-order valence-electron chi connectivity index (χ0n) is 9.77. The molecule has 0 heterocycles. The molecule has 3 nitrogen and oxygen atoms in total. The van der Waals surface area contributed by atoms with Crippen LogP contribution in [0.1, 0.15) is 13.8 Å². The minimum absolute atomic E-state index is 0.136. The zero-order chi connectivity index (χ0) is 12.1. The van der Waals surface area contributed by atoms with Gasteiger partial charge in [-0.25, -0.2) is 0 Å². The normalized spacial score (nSPS) is 14.2. The number of rotatable bonds is 4. The molecule has 4 heteroatoms. The highest BCUT2D eigenvalue weighted by Gasteiger charge is 2.22. The molecule has 0 spiro atoms. The highest BCUT2D eigenvalue weighted by molar-refractivity contribution is 8.00. The van der Waals surface area contributed by atoms with Crippen LogP contribution in [0.5, 0.6) is 0 Å². The number of para-hydroxylation sites is 1.